The highest BCUT2D eigenvalue weighted by Crippen LogP contribution is 2.31. The van der Waals surface area contributed by atoms with Crippen LogP contribution in [0.4, 0.5) is 17.1 Å². The van der Waals surface area contributed by atoms with E-state index in [4.69, 9.17) is 0 Å². The molecule has 5 nitrogen and oxygen atoms in total. The second-order valence-corrected chi connectivity index (χ2v) is 6.28. The van der Waals surface area contributed by atoms with E-state index in [0.29, 0.717) is 10.9 Å². The Kier molecular flexibility index (Phi) is 4.08. The summed E-state index contributed by atoms with van der Waals surface area (Å²) >= 11 is 6.87. The molecule has 0 spiro atoms. The minimum atomic E-state index is -0.410. The summed E-state index contributed by atoms with van der Waals surface area (Å²) < 4.78 is 1.87. The molecule has 0 amide bonds. The van der Waals surface area contributed by atoms with Crippen LogP contribution in [0.5, 0.6) is 0 Å². The zero-order valence-corrected chi connectivity index (χ0v) is 14.3. The van der Waals surface area contributed by atoms with Crippen LogP contribution in [0.2, 0.25) is 0 Å². The number of nitrogens with zero attached hydrogens (tertiary/aromatic N) is 2. The minimum absolute atomic E-state index is 0.0422. The molecule has 0 saturated carbocycles. The number of halogens is 2. The van der Waals surface area contributed by atoms with Crippen LogP contribution in [0.25, 0.3) is 10.9 Å². The molecule has 0 aliphatic rings. The van der Waals surface area contributed by atoms with Gasteiger partial charge in [-0.3, -0.25) is 15.1 Å². The first-order valence-corrected chi connectivity index (χ1v) is 7.88. The van der Waals surface area contributed by atoms with Crippen LogP contribution in [0, 0.1) is 10.1 Å². The average molecular weight is 423 g/mol. The van der Waals surface area contributed by atoms with E-state index in [1.54, 1.807) is 18.3 Å². The van der Waals surface area contributed by atoms with E-state index in [1.165, 1.54) is 12.1 Å². The molecular weight excluding hydrogens is 414 g/mol. The van der Waals surface area contributed by atoms with E-state index in [-0.39, 0.29) is 5.69 Å². The van der Waals surface area contributed by atoms with E-state index < -0.39 is 4.92 Å². The monoisotopic (exact) mass is 421 g/mol. The summed E-state index contributed by atoms with van der Waals surface area (Å²) in [5.41, 5.74) is 2.38. The highest BCUT2D eigenvalue weighted by Gasteiger charge is 2.10. The van der Waals surface area contributed by atoms with Gasteiger partial charge in [-0.15, -0.1) is 0 Å². The summed E-state index contributed by atoms with van der Waals surface area (Å²) in [4.78, 5) is 14.8. The fourth-order valence-electron chi connectivity index (χ4n) is 2.09. The van der Waals surface area contributed by atoms with Crippen LogP contribution in [0.15, 0.2) is 57.6 Å². The fourth-order valence-corrected chi connectivity index (χ4v) is 2.71. The predicted molar refractivity (Wildman–Crippen MR) is 93.5 cm³/mol. The van der Waals surface area contributed by atoms with Crippen molar-refractivity contribution in [2.24, 2.45) is 0 Å². The predicted octanol–water partition coefficient (Wildman–Crippen LogP) is 5.41. The zero-order chi connectivity index (χ0) is 15.7. The van der Waals surface area contributed by atoms with Gasteiger partial charge in [0.15, 0.2) is 0 Å². The normalized spacial score (nSPS) is 10.6. The van der Waals surface area contributed by atoms with E-state index in [2.05, 4.69) is 42.2 Å². The molecule has 22 heavy (non-hydrogen) atoms. The van der Waals surface area contributed by atoms with Crippen LogP contribution < -0.4 is 5.32 Å². The Hall–Kier alpha value is -1.99. The number of aromatic nitrogens is 1. The van der Waals surface area contributed by atoms with Crippen molar-refractivity contribution in [3.8, 4) is 0 Å². The molecular formula is C15H9Br2N3O2. The van der Waals surface area contributed by atoms with Crippen molar-refractivity contribution in [3.05, 3.63) is 67.7 Å². The van der Waals surface area contributed by atoms with Gasteiger partial charge in [-0.25, -0.2) is 0 Å². The Bertz CT molecular complexity index is 884. The van der Waals surface area contributed by atoms with Crippen LogP contribution in [-0.4, -0.2) is 9.91 Å². The molecule has 0 radical (unpaired) electrons. The number of anilines is 2. The summed E-state index contributed by atoms with van der Waals surface area (Å²) in [6.07, 6.45) is 1.67. The Morgan fingerprint density at radius 2 is 1.86 bits per heavy atom. The van der Waals surface area contributed by atoms with Gasteiger partial charge in [-0.05, 0) is 62.2 Å². The molecule has 0 unspecified atom stereocenters. The van der Waals surface area contributed by atoms with Crippen molar-refractivity contribution in [2.75, 3.05) is 5.32 Å². The Labute approximate surface area is 142 Å². The van der Waals surface area contributed by atoms with Gasteiger partial charge in [-0.2, -0.15) is 0 Å². The topological polar surface area (TPSA) is 68.1 Å². The van der Waals surface area contributed by atoms with Gasteiger partial charge < -0.3 is 5.32 Å². The van der Waals surface area contributed by atoms with Gasteiger partial charge in [0, 0.05) is 44.0 Å². The lowest BCUT2D eigenvalue weighted by atomic mass is 10.1. The second kappa shape index (κ2) is 6.02. The maximum absolute atomic E-state index is 10.9. The summed E-state index contributed by atoms with van der Waals surface area (Å²) in [7, 11) is 0. The van der Waals surface area contributed by atoms with E-state index in [0.717, 1.165) is 20.3 Å². The molecule has 0 fully saturated rings. The van der Waals surface area contributed by atoms with Gasteiger partial charge in [-0.1, -0.05) is 0 Å². The largest absolute Gasteiger partial charge is 0.355 e. The van der Waals surface area contributed by atoms with Gasteiger partial charge in [0.05, 0.1) is 10.4 Å². The summed E-state index contributed by atoms with van der Waals surface area (Å²) in [5.74, 6) is 0. The van der Waals surface area contributed by atoms with Gasteiger partial charge >= 0.3 is 0 Å². The zero-order valence-electron chi connectivity index (χ0n) is 11.1. The number of hydrogen-bond donors (Lipinski definition) is 1. The number of nitro groups is 1. The molecule has 7 heteroatoms. The van der Waals surface area contributed by atoms with Gasteiger partial charge in [0.25, 0.3) is 5.69 Å². The molecule has 1 heterocycles. The number of non-ortho nitro benzene ring substituents is 1. The second-order valence-electron chi connectivity index (χ2n) is 4.57. The van der Waals surface area contributed by atoms with E-state index in [1.807, 2.05) is 18.2 Å². The molecule has 1 aromatic heterocycles. The van der Waals surface area contributed by atoms with Crippen LogP contribution >= 0.6 is 31.9 Å². The smallest absolute Gasteiger partial charge is 0.270 e. The number of hydrogen-bond acceptors (Lipinski definition) is 4. The Balaban J connectivity index is 2.07. The first-order chi connectivity index (χ1) is 10.5. The first kappa shape index (κ1) is 14.9. The molecule has 0 aliphatic carbocycles. The molecule has 110 valence electrons. The highest BCUT2D eigenvalue weighted by molar-refractivity contribution is 9.13. The van der Waals surface area contributed by atoms with E-state index in [9.17, 15) is 10.1 Å². The Morgan fingerprint density at radius 3 is 2.59 bits per heavy atom. The summed E-state index contributed by atoms with van der Waals surface area (Å²) in [6.45, 7) is 0. The van der Waals surface area contributed by atoms with Crippen molar-refractivity contribution in [3.63, 3.8) is 0 Å². The van der Waals surface area contributed by atoms with Crippen molar-refractivity contribution in [1.29, 1.82) is 0 Å². The summed E-state index contributed by atoms with van der Waals surface area (Å²) in [5, 5.41) is 14.9. The van der Waals surface area contributed by atoms with E-state index >= 15 is 0 Å². The van der Waals surface area contributed by atoms with Crippen molar-refractivity contribution in [1.82, 2.24) is 4.98 Å². The number of nitro benzene ring substituents is 1. The molecule has 0 aliphatic heterocycles. The number of rotatable bonds is 3. The lowest BCUT2D eigenvalue weighted by Gasteiger charge is -2.10. The molecule has 3 rings (SSSR count). The van der Waals surface area contributed by atoms with Gasteiger partial charge in [0.2, 0.25) is 0 Å². The van der Waals surface area contributed by atoms with Crippen molar-refractivity contribution >= 4 is 59.8 Å². The molecule has 2 aromatic carbocycles. The maximum Gasteiger partial charge on any atom is 0.270 e. The molecule has 0 bridgehead atoms. The summed E-state index contributed by atoms with van der Waals surface area (Å²) in [6, 6.07) is 12.2. The van der Waals surface area contributed by atoms with Crippen molar-refractivity contribution in [2.45, 2.75) is 0 Å². The quantitative estimate of drug-likeness (QED) is 0.452. The number of pyridine rings is 1. The van der Waals surface area contributed by atoms with Crippen molar-refractivity contribution < 1.29 is 4.92 Å². The minimum Gasteiger partial charge on any atom is -0.355 e. The SMILES string of the molecule is O=[N+]([O-])c1ccc2nccc(Nc3ccc(Br)c(Br)c3)c2c1. The fraction of sp³-hybridized carbons (Fsp3) is 0. The number of nitrogens with one attached hydrogen (secondary N) is 1. The van der Waals surface area contributed by atoms with Crippen LogP contribution in [0.3, 0.4) is 0 Å². The lowest BCUT2D eigenvalue weighted by Crippen LogP contribution is -1.94. The number of benzene rings is 2. The third-order valence-electron chi connectivity index (χ3n) is 3.13. The van der Waals surface area contributed by atoms with Gasteiger partial charge in [0.1, 0.15) is 0 Å². The first-order valence-electron chi connectivity index (χ1n) is 6.30. The van der Waals surface area contributed by atoms with Crippen LogP contribution in [0.1, 0.15) is 0 Å². The lowest BCUT2D eigenvalue weighted by molar-refractivity contribution is -0.384. The Morgan fingerprint density at radius 1 is 1.05 bits per heavy atom. The molecule has 3 aromatic rings. The molecule has 0 atom stereocenters. The number of fused-ring (bicyclic) bond motifs is 1. The third kappa shape index (κ3) is 2.95. The third-order valence-corrected chi connectivity index (χ3v) is 5.01. The molecule has 0 saturated heterocycles. The maximum atomic E-state index is 10.9. The highest BCUT2D eigenvalue weighted by atomic mass is 79.9. The van der Waals surface area contributed by atoms with Crippen LogP contribution in [-0.2, 0) is 0 Å². The molecule has 1 N–H and O–H groups in total. The average Bonchev–Trinajstić information content (AvgIpc) is 2.51. The standard InChI is InChI=1S/C15H9Br2N3O2/c16-12-3-1-9(7-13(12)17)19-15-5-6-18-14-4-2-10(20(21)22)8-11(14)15/h1-8H,(H,18,19).